The van der Waals surface area contributed by atoms with Crippen LogP contribution in [0.2, 0.25) is 0 Å². The first-order valence-corrected chi connectivity index (χ1v) is 12.2. The van der Waals surface area contributed by atoms with E-state index in [1.165, 1.54) is 25.1 Å². The minimum absolute atomic E-state index is 0.0977. The Labute approximate surface area is 196 Å². The molecule has 1 unspecified atom stereocenters. The highest BCUT2D eigenvalue weighted by molar-refractivity contribution is 5.92. The van der Waals surface area contributed by atoms with Gasteiger partial charge >= 0.3 is 0 Å². The van der Waals surface area contributed by atoms with Crippen LogP contribution in [0, 0.1) is 5.41 Å². The zero-order valence-electron chi connectivity index (χ0n) is 20.3. The van der Waals surface area contributed by atoms with Crippen LogP contribution in [0.4, 0.5) is 5.69 Å². The Morgan fingerprint density at radius 1 is 1.24 bits per heavy atom. The van der Waals surface area contributed by atoms with Gasteiger partial charge in [0.2, 0.25) is 5.91 Å². The summed E-state index contributed by atoms with van der Waals surface area (Å²) in [5.74, 6) is -0.519. The van der Waals surface area contributed by atoms with E-state index in [1.54, 1.807) is 7.05 Å². The first-order valence-electron chi connectivity index (χ1n) is 12.2. The SMILES string of the molecule is CNC(=O)C(CCC=O)c1nn(C)c2cc(N3CCN(CC4(C)CCNCC4)CC3)ccc12. The van der Waals surface area contributed by atoms with E-state index in [2.05, 4.69) is 45.6 Å². The van der Waals surface area contributed by atoms with E-state index in [4.69, 9.17) is 5.10 Å². The summed E-state index contributed by atoms with van der Waals surface area (Å²) in [4.78, 5) is 28.5. The van der Waals surface area contributed by atoms with Crippen molar-refractivity contribution < 1.29 is 9.59 Å². The van der Waals surface area contributed by atoms with Crippen LogP contribution < -0.4 is 15.5 Å². The van der Waals surface area contributed by atoms with Crippen LogP contribution in [0.25, 0.3) is 10.9 Å². The highest BCUT2D eigenvalue weighted by Crippen LogP contribution is 2.32. The molecular weight excluding hydrogens is 416 g/mol. The van der Waals surface area contributed by atoms with Crippen molar-refractivity contribution in [1.82, 2.24) is 25.3 Å². The molecule has 33 heavy (non-hydrogen) atoms. The topological polar surface area (TPSA) is 82.5 Å². The van der Waals surface area contributed by atoms with Gasteiger partial charge in [0.15, 0.2) is 0 Å². The molecule has 2 aromatic rings. The van der Waals surface area contributed by atoms with Gasteiger partial charge in [-0.05, 0) is 56.0 Å². The smallest absolute Gasteiger partial charge is 0.228 e. The average molecular weight is 455 g/mol. The molecule has 1 amide bonds. The lowest BCUT2D eigenvalue weighted by Crippen LogP contribution is -2.51. The largest absolute Gasteiger partial charge is 0.369 e. The number of aryl methyl sites for hydroxylation is 1. The quantitative estimate of drug-likeness (QED) is 0.593. The monoisotopic (exact) mass is 454 g/mol. The van der Waals surface area contributed by atoms with Crippen molar-refractivity contribution in [2.45, 2.75) is 38.5 Å². The van der Waals surface area contributed by atoms with Crippen LogP contribution >= 0.6 is 0 Å². The third-order valence-corrected chi connectivity index (χ3v) is 7.48. The molecule has 0 saturated carbocycles. The molecule has 8 heteroatoms. The van der Waals surface area contributed by atoms with Crippen molar-refractivity contribution in [1.29, 1.82) is 0 Å². The number of rotatable bonds is 8. The van der Waals surface area contributed by atoms with Crippen LogP contribution in [-0.4, -0.2) is 79.7 Å². The summed E-state index contributed by atoms with van der Waals surface area (Å²) < 4.78 is 1.86. The summed E-state index contributed by atoms with van der Waals surface area (Å²) in [6, 6.07) is 6.43. The van der Waals surface area contributed by atoms with Crippen LogP contribution in [0.1, 0.15) is 44.2 Å². The lowest BCUT2D eigenvalue weighted by atomic mass is 9.80. The molecule has 2 saturated heterocycles. The number of amides is 1. The van der Waals surface area contributed by atoms with E-state index in [1.807, 2.05) is 11.7 Å². The summed E-state index contributed by atoms with van der Waals surface area (Å²) in [6.45, 7) is 10.1. The van der Waals surface area contributed by atoms with Crippen molar-refractivity contribution in [3.8, 4) is 0 Å². The lowest BCUT2D eigenvalue weighted by molar-refractivity contribution is -0.122. The molecule has 4 rings (SSSR count). The standard InChI is InChI=1S/C25H38N6O2/c1-25(8-10-27-11-9-25)18-30-12-14-31(15-13-30)19-6-7-20-22(17-19)29(3)28-23(20)21(5-4-16-32)24(33)26-2/h6-7,16-17,21,27H,4-5,8-15,18H2,1-3H3,(H,26,33). The second-order valence-electron chi connectivity index (χ2n) is 9.95. The van der Waals surface area contributed by atoms with Gasteiger partial charge in [-0.2, -0.15) is 5.10 Å². The summed E-state index contributed by atoms with van der Waals surface area (Å²) in [5.41, 5.74) is 3.41. The van der Waals surface area contributed by atoms with Gasteiger partial charge < -0.3 is 20.3 Å². The summed E-state index contributed by atoms with van der Waals surface area (Å²) in [6.07, 6.45) is 4.19. The summed E-state index contributed by atoms with van der Waals surface area (Å²) in [7, 11) is 3.55. The number of benzene rings is 1. The maximum Gasteiger partial charge on any atom is 0.228 e. The number of carbonyl (C=O) groups excluding carboxylic acids is 2. The maximum atomic E-state index is 12.5. The Morgan fingerprint density at radius 3 is 2.64 bits per heavy atom. The zero-order chi connectivity index (χ0) is 23.4. The van der Waals surface area contributed by atoms with E-state index in [9.17, 15) is 9.59 Å². The fourth-order valence-electron chi connectivity index (χ4n) is 5.42. The Balaban J connectivity index is 1.47. The number of carbonyl (C=O) groups is 2. The van der Waals surface area contributed by atoms with Crippen molar-refractivity contribution in [3.63, 3.8) is 0 Å². The average Bonchev–Trinajstić information content (AvgIpc) is 3.15. The lowest BCUT2D eigenvalue weighted by Gasteiger charge is -2.42. The molecule has 2 N–H and O–H groups in total. The van der Waals surface area contributed by atoms with Gasteiger partial charge in [0.05, 0.1) is 17.1 Å². The van der Waals surface area contributed by atoms with Gasteiger partial charge in [0.1, 0.15) is 6.29 Å². The molecule has 180 valence electrons. The van der Waals surface area contributed by atoms with Gasteiger partial charge in [-0.1, -0.05) is 6.92 Å². The van der Waals surface area contributed by atoms with Gasteiger partial charge in [-0.25, -0.2) is 0 Å². The Morgan fingerprint density at radius 2 is 1.97 bits per heavy atom. The van der Waals surface area contributed by atoms with Crippen LogP contribution in [0.3, 0.4) is 0 Å². The second-order valence-corrected chi connectivity index (χ2v) is 9.95. The number of piperazine rings is 1. The Hall–Kier alpha value is -2.45. The molecule has 2 aliphatic heterocycles. The molecule has 1 aromatic heterocycles. The number of anilines is 1. The maximum absolute atomic E-state index is 12.5. The molecule has 0 spiro atoms. The summed E-state index contributed by atoms with van der Waals surface area (Å²) in [5, 5.41) is 11.9. The van der Waals surface area contributed by atoms with Crippen molar-refractivity contribution in [3.05, 3.63) is 23.9 Å². The van der Waals surface area contributed by atoms with Crippen LogP contribution in [0.15, 0.2) is 18.2 Å². The summed E-state index contributed by atoms with van der Waals surface area (Å²) >= 11 is 0. The van der Waals surface area contributed by atoms with E-state index < -0.39 is 5.92 Å². The van der Waals surface area contributed by atoms with E-state index in [0.29, 0.717) is 18.3 Å². The molecule has 8 nitrogen and oxygen atoms in total. The predicted molar refractivity (Wildman–Crippen MR) is 132 cm³/mol. The number of nitrogens with zero attached hydrogens (tertiary/aromatic N) is 4. The van der Waals surface area contributed by atoms with E-state index in [-0.39, 0.29) is 5.91 Å². The zero-order valence-corrected chi connectivity index (χ0v) is 20.3. The first-order chi connectivity index (χ1) is 15.9. The molecule has 0 bridgehead atoms. The third kappa shape index (κ3) is 5.22. The fourth-order valence-corrected chi connectivity index (χ4v) is 5.42. The molecule has 3 heterocycles. The molecule has 0 radical (unpaired) electrons. The van der Waals surface area contributed by atoms with Crippen molar-refractivity contribution >= 4 is 28.8 Å². The number of aromatic nitrogens is 2. The molecule has 2 aliphatic rings. The number of aldehydes is 1. The van der Waals surface area contributed by atoms with E-state index in [0.717, 1.165) is 62.2 Å². The van der Waals surface area contributed by atoms with Gasteiger partial charge in [0, 0.05) is 64.3 Å². The van der Waals surface area contributed by atoms with Crippen LogP contribution in [-0.2, 0) is 16.6 Å². The first kappa shape index (κ1) is 23.7. The fraction of sp³-hybridized carbons (Fsp3) is 0.640. The van der Waals surface area contributed by atoms with Crippen molar-refractivity contribution in [2.24, 2.45) is 12.5 Å². The predicted octanol–water partition coefficient (Wildman–Crippen LogP) is 1.89. The van der Waals surface area contributed by atoms with Crippen LogP contribution in [0.5, 0.6) is 0 Å². The van der Waals surface area contributed by atoms with Gasteiger partial charge in [-0.3, -0.25) is 14.4 Å². The molecule has 2 fully saturated rings. The third-order valence-electron chi connectivity index (χ3n) is 7.48. The number of fused-ring (bicyclic) bond motifs is 1. The normalized spacial score (nSPS) is 20.0. The molecule has 1 atom stereocenters. The highest BCUT2D eigenvalue weighted by Gasteiger charge is 2.31. The molecule has 0 aliphatic carbocycles. The van der Waals surface area contributed by atoms with Gasteiger partial charge in [0.25, 0.3) is 0 Å². The highest BCUT2D eigenvalue weighted by atomic mass is 16.1. The number of piperidine rings is 1. The number of hydrogen-bond acceptors (Lipinski definition) is 6. The van der Waals surface area contributed by atoms with E-state index >= 15 is 0 Å². The van der Waals surface area contributed by atoms with Gasteiger partial charge in [-0.15, -0.1) is 0 Å². The molecule has 1 aromatic carbocycles. The Kier molecular flexibility index (Phi) is 7.34. The molecular formula is C25H38N6O2. The number of hydrogen-bond donors (Lipinski definition) is 2. The number of nitrogens with one attached hydrogen (secondary N) is 2. The number of likely N-dealkylation sites (N-methyl/N-ethyl adjacent to an activating group) is 1. The second kappa shape index (κ2) is 10.2. The Bertz CT molecular complexity index is 973. The minimum Gasteiger partial charge on any atom is -0.369 e. The minimum atomic E-state index is -0.422. The van der Waals surface area contributed by atoms with Crippen molar-refractivity contribution in [2.75, 3.05) is 57.8 Å².